The third-order valence-corrected chi connectivity index (χ3v) is 5.95. The molecule has 0 fully saturated rings. The number of aryl methyl sites for hydroxylation is 2. The van der Waals surface area contributed by atoms with Crippen molar-refractivity contribution in [2.75, 3.05) is 26.4 Å². The number of nitrogens with one attached hydrogen (secondary N) is 1. The number of aliphatic carboxylic acids is 2. The number of hydrogen-bond donors (Lipinski definition) is 5. The van der Waals surface area contributed by atoms with E-state index >= 15 is 0 Å². The topological polar surface area (TPSA) is 190 Å². The van der Waals surface area contributed by atoms with Gasteiger partial charge in [-0.3, -0.25) is 9.36 Å². The lowest BCUT2D eigenvalue weighted by Gasteiger charge is -2.15. The number of ether oxygens (including phenoxy) is 3. The third kappa shape index (κ3) is 19.2. The molecule has 4 rings (SSSR count). The van der Waals surface area contributed by atoms with Crippen LogP contribution in [0.5, 0.6) is 23.0 Å². The molecule has 0 saturated carbocycles. The monoisotopic (exact) mass is 667 g/mol. The van der Waals surface area contributed by atoms with Gasteiger partial charge in [0, 0.05) is 75.5 Å². The summed E-state index contributed by atoms with van der Waals surface area (Å²) in [5, 5.41) is 45.9. The molecular weight excluding hydrogens is 622 g/mol. The smallest absolute Gasteiger partial charge is 0.328 e. The quantitative estimate of drug-likeness (QED) is 0.0762. The summed E-state index contributed by atoms with van der Waals surface area (Å²) in [5.74, 6) is 0.0503. The third-order valence-electron chi connectivity index (χ3n) is 5.95. The van der Waals surface area contributed by atoms with Gasteiger partial charge in [0.15, 0.2) is 0 Å². The number of carboxylic acids is 2. The fraction of sp³-hybridized carbons (Fsp3) is 0.353. The van der Waals surface area contributed by atoms with Gasteiger partial charge in [0.05, 0.1) is 13.2 Å². The van der Waals surface area contributed by atoms with E-state index in [4.69, 9.17) is 29.5 Å². The molecule has 48 heavy (non-hydrogen) atoms. The van der Waals surface area contributed by atoms with Gasteiger partial charge in [-0.15, -0.1) is 0 Å². The van der Waals surface area contributed by atoms with Gasteiger partial charge in [0.1, 0.15) is 35.7 Å². The fourth-order valence-corrected chi connectivity index (χ4v) is 3.64. The van der Waals surface area contributed by atoms with Crippen molar-refractivity contribution in [3.8, 4) is 23.0 Å². The summed E-state index contributed by atoms with van der Waals surface area (Å²) in [7, 11) is 0. The first-order valence-corrected chi connectivity index (χ1v) is 15.4. The fourth-order valence-electron chi connectivity index (χ4n) is 3.64. The molecule has 0 spiro atoms. The molecule has 4 aromatic rings. The second-order valence-electron chi connectivity index (χ2n) is 10.4. The Kier molecular flexibility index (Phi) is 18.7. The first kappa shape index (κ1) is 38.8. The number of aromatic hydroxyl groups is 1. The molecule has 2 aromatic heterocycles. The van der Waals surface area contributed by atoms with Crippen LogP contribution in [0.15, 0.2) is 97.6 Å². The molecule has 14 heteroatoms. The highest BCUT2D eigenvalue weighted by molar-refractivity contribution is 5.89. The molecule has 2 heterocycles. The van der Waals surface area contributed by atoms with Gasteiger partial charge >= 0.3 is 11.9 Å². The first-order chi connectivity index (χ1) is 23.1. The molecule has 2 aromatic carbocycles. The van der Waals surface area contributed by atoms with Crippen molar-refractivity contribution in [3.05, 3.63) is 97.6 Å². The molecular formula is C34H45N5O9. The van der Waals surface area contributed by atoms with E-state index in [2.05, 4.69) is 15.5 Å². The number of carboxylic acid groups (broad SMARTS) is 2. The van der Waals surface area contributed by atoms with E-state index < -0.39 is 18.0 Å². The Morgan fingerprint density at radius 1 is 0.771 bits per heavy atom. The van der Waals surface area contributed by atoms with Gasteiger partial charge in [-0.05, 0) is 60.7 Å². The van der Waals surface area contributed by atoms with Crippen LogP contribution < -0.4 is 19.5 Å². The Bertz CT molecular complexity index is 1410. The molecule has 0 aliphatic heterocycles. The van der Waals surface area contributed by atoms with E-state index in [1.807, 2.05) is 72.0 Å². The number of hydrogen-bond acceptors (Lipinski definition) is 10. The van der Waals surface area contributed by atoms with Crippen LogP contribution in [0.3, 0.4) is 0 Å². The highest BCUT2D eigenvalue weighted by Gasteiger charge is 2.06. The van der Waals surface area contributed by atoms with Crippen LogP contribution in [0.4, 0.5) is 0 Å². The van der Waals surface area contributed by atoms with E-state index in [0.717, 1.165) is 43.2 Å². The Morgan fingerprint density at radius 3 is 1.60 bits per heavy atom. The minimum atomic E-state index is -1.26. The van der Waals surface area contributed by atoms with Gasteiger partial charge in [0.25, 0.3) is 0 Å². The van der Waals surface area contributed by atoms with E-state index in [1.54, 1.807) is 36.7 Å². The first-order valence-electron chi connectivity index (χ1n) is 15.4. The maximum Gasteiger partial charge on any atom is 0.328 e. The van der Waals surface area contributed by atoms with Gasteiger partial charge in [-0.1, -0.05) is 13.8 Å². The van der Waals surface area contributed by atoms with Crippen molar-refractivity contribution in [2.24, 2.45) is 0 Å². The lowest BCUT2D eigenvalue weighted by atomic mass is 10.3. The Balaban J connectivity index is 0.000000285. The predicted octanol–water partition coefficient (Wildman–Crippen LogP) is 3.86. The van der Waals surface area contributed by atoms with Gasteiger partial charge in [0.2, 0.25) is 0 Å². The Labute approximate surface area is 279 Å². The average Bonchev–Trinajstić information content (AvgIpc) is 3.79. The van der Waals surface area contributed by atoms with Crippen LogP contribution in [0.25, 0.3) is 0 Å². The summed E-state index contributed by atoms with van der Waals surface area (Å²) >= 11 is 0. The number of aliphatic hydroxyl groups is 1. The number of phenolic OH excluding ortho intramolecular Hbond substituents is 1. The van der Waals surface area contributed by atoms with Crippen molar-refractivity contribution < 1.29 is 44.2 Å². The lowest BCUT2D eigenvalue weighted by molar-refractivity contribution is -0.134. The summed E-state index contributed by atoms with van der Waals surface area (Å²) in [6.07, 6.45) is 9.81. The normalized spacial score (nSPS) is 11.2. The number of aromatic nitrogens is 4. The molecule has 0 saturated heterocycles. The number of benzene rings is 2. The van der Waals surface area contributed by atoms with Crippen molar-refractivity contribution in [1.29, 1.82) is 0 Å². The maximum atomic E-state index is 9.82. The largest absolute Gasteiger partial charge is 0.508 e. The minimum absolute atomic E-state index is 0.254. The molecule has 0 amide bonds. The standard InChI is InChI=1S/C18H27N3O3.C12H14N2O2.C4H4O4/c1-15(2)19-13-16(22)14-24-18-7-5-17(6-8-18)23-12-4-11-21-10-3-9-20-21;15-11-3-5-12(6-4-11)16-10-2-9-14-8-1-7-13-14;5-3(6)1-2-4(7)8/h3,5-10,15-16,19,22H,4,11-14H2,1-2H3;1,3-8,15H,2,9-10H2;1-2H,(H,5,6)(H,7,8)/b;;2-1-. The van der Waals surface area contributed by atoms with Crippen LogP contribution in [-0.2, 0) is 22.7 Å². The maximum absolute atomic E-state index is 9.82. The zero-order valence-electron chi connectivity index (χ0n) is 27.2. The van der Waals surface area contributed by atoms with Gasteiger partial charge in [-0.25, -0.2) is 9.59 Å². The highest BCUT2D eigenvalue weighted by Crippen LogP contribution is 2.18. The van der Waals surface area contributed by atoms with E-state index in [0.29, 0.717) is 38.0 Å². The Morgan fingerprint density at radius 2 is 1.21 bits per heavy atom. The van der Waals surface area contributed by atoms with Crippen LogP contribution in [-0.4, -0.2) is 90.4 Å². The van der Waals surface area contributed by atoms with Crippen LogP contribution >= 0.6 is 0 Å². The second-order valence-corrected chi connectivity index (χ2v) is 10.4. The molecule has 0 aliphatic carbocycles. The average molecular weight is 668 g/mol. The molecule has 1 unspecified atom stereocenters. The second kappa shape index (κ2) is 23.1. The summed E-state index contributed by atoms with van der Waals surface area (Å²) in [4.78, 5) is 19.1. The van der Waals surface area contributed by atoms with E-state index in [-0.39, 0.29) is 12.4 Å². The summed E-state index contributed by atoms with van der Waals surface area (Å²) in [5.41, 5.74) is 0. The molecule has 14 nitrogen and oxygen atoms in total. The van der Waals surface area contributed by atoms with Gasteiger partial charge in [-0.2, -0.15) is 10.2 Å². The molecule has 0 bridgehead atoms. The van der Waals surface area contributed by atoms with Crippen molar-refractivity contribution in [2.45, 2.75) is 51.9 Å². The highest BCUT2D eigenvalue weighted by atomic mass is 16.5. The minimum Gasteiger partial charge on any atom is -0.508 e. The number of aliphatic hydroxyl groups excluding tert-OH is 1. The predicted molar refractivity (Wildman–Crippen MR) is 178 cm³/mol. The van der Waals surface area contributed by atoms with Crippen molar-refractivity contribution in [3.63, 3.8) is 0 Å². The van der Waals surface area contributed by atoms with Crippen LogP contribution in [0, 0.1) is 0 Å². The summed E-state index contributed by atoms with van der Waals surface area (Å²) in [6, 6.07) is 18.4. The van der Waals surface area contributed by atoms with Crippen LogP contribution in [0.2, 0.25) is 0 Å². The molecule has 5 N–H and O–H groups in total. The van der Waals surface area contributed by atoms with Crippen molar-refractivity contribution in [1.82, 2.24) is 24.9 Å². The van der Waals surface area contributed by atoms with E-state index in [1.165, 1.54) is 0 Å². The molecule has 260 valence electrons. The van der Waals surface area contributed by atoms with Crippen LogP contribution in [0.1, 0.15) is 26.7 Å². The summed E-state index contributed by atoms with van der Waals surface area (Å²) < 4.78 is 20.5. The zero-order valence-corrected chi connectivity index (χ0v) is 27.2. The molecule has 0 radical (unpaired) electrons. The SMILES string of the molecule is CC(C)NCC(O)COc1ccc(OCCCn2cccn2)cc1.O=C(O)/C=C\C(=O)O.Oc1ccc(OCCCn2cccn2)cc1. The molecule has 0 aliphatic rings. The number of rotatable bonds is 18. The number of nitrogens with zero attached hydrogens (tertiary/aromatic N) is 4. The lowest BCUT2D eigenvalue weighted by Crippen LogP contribution is -2.35. The number of phenols is 1. The number of carbonyl (C=O) groups is 2. The summed E-state index contributed by atoms with van der Waals surface area (Å²) in [6.45, 7) is 7.85. The molecule has 1 atom stereocenters. The van der Waals surface area contributed by atoms with Crippen molar-refractivity contribution >= 4 is 11.9 Å². The van der Waals surface area contributed by atoms with E-state index in [9.17, 15) is 14.7 Å². The van der Waals surface area contributed by atoms with Gasteiger partial charge < -0.3 is 40.0 Å². The zero-order chi connectivity index (χ0) is 35.0. The Hall–Kier alpha value is -5.34.